The first kappa shape index (κ1) is 19.8. The molecule has 9 nitrogen and oxygen atoms in total. The molecule has 0 radical (unpaired) electrons. The molecule has 0 spiro atoms. The summed E-state index contributed by atoms with van der Waals surface area (Å²) >= 11 is 0. The highest BCUT2D eigenvalue weighted by Gasteiger charge is 2.32. The lowest BCUT2D eigenvalue weighted by Gasteiger charge is -2.35. The van der Waals surface area contributed by atoms with Crippen molar-refractivity contribution in [2.45, 2.75) is 26.0 Å². The number of ether oxygens (including phenoxy) is 3. The van der Waals surface area contributed by atoms with Gasteiger partial charge in [0.1, 0.15) is 12.6 Å². The Kier molecular flexibility index (Phi) is 6.23. The molecule has 1 saturated heterocycles. The van der Waals surface area contributed by atoms with E-state index in [1.165, 1.54) is 0 Å². The first-order valence-electron chi connectivity index (χ1n) is 9.39. The Labute approximate surface area is 163 Å². The quantitative estimate of drug-likeness (QED) is 0.809. The van der Waals surface area contributed by atoms with Crippen LogP contribution >= 0.6 is 0 Å². The molecule has 1 aromatic rings. The van der Waals surface area contributed by atoms with Crippen molar-refractivity contribution in [2.75, 3.05) is 39.4 Å². The number of amides is 3. The van der Waals surface area contributed by atoms with Crippen LogP contribution in [0.1, 0.15) is 13.8 Å². The minimum absolute atomic E-state index is 0.0853. The molecule has 2 atom stereocenters. The van der Waals surface area contributed by atoms with E-state index in [1.54, 1.807) is 41.8 Å². The van der Waals surface area contributed by atoms with E-state index in [0.717, 1.165) is 0 Å². The smallest absolute Gasteiger partial charge is 0.409 e. The van der Waals surface area contributed by atoms with Crippen LogP contribution in [0.2, 0.25) is 0 Å². The van der Waals surface area contributed by atoms with Gasteiger partial charge in [-0.05, 0) is 26.0 Å². The Morgan fingerprint density at radius 2 is 1.79 bits per heavy atom. The van der Waals surface area contributed by atoms with E-state index in [4.69, 9.17) is 14.2 Å². The van der Waals surface area contributed by atoms with Gasteiger partial charge in [0.2, 0.25) is 12.0 Å². The fourth-order valence-corrected chi connectivity index (χ4v) is 3.11. The van der Waals surface area contributed by atoms with Crippen molar-refractivity contribution in [1.82, 2.24) is 15.1 Å². The first-order valence-corrected chi connectivity index (χ1v) is 9.39. The molecule has 0 bridgehead atoms. The third-order valence-corrected chi connectivity index (χ3v) is 4.65. The van der Waals surface area contributed by atoms with Crippen molar-refractivity contribution >= 4 is 17.9 Å². The predicted molar refractivity (Wildman–Crippen MR) is 99.1 cm³/mol. The Balaban J connectivity index is 1.48. The minimum atomic E-state index is -0.814. The number of hydrogen-bond acceptors (Lipinski definition) is 6. The summed E-state index contributed by atoms with van der Waals surface area (Å²) in [6.45, 7) is 5.39. The summed E-state index contributed by atoms with van der Waals surface area (Å²) in [5.74, 6) is 0.493. The van der Waals surface area contributed by atoms with Gasteiger partial charge in [0.15, 0.2) is 11.5 Å². The number of nitrogens with zero attached hydrogens (tertiary/aromatic N) is 2. The van der Waals surface area contributed by atoms with E-state index in [1.807, 2.05) is 6.07 Å². The fraction of sp³-hybridized carbons (Fsp3) is 0.526. The molecule has 152 valence electrons. The Hall–Kier alpha value is -2.97. The van der Waals surface area contributed by atoms with Crippen LogP contribution in [0.4, 0.5) is 4.79 Å². The second kappa shape index (κ2) is 8.81. The molecular formula is C19H25N3O6. The summed E-state index contributed by atoms with van der Waals surface area (Å²) in [5.41, 5.74) is 0. The number of piperazine rings is 1. The number of hydrogen-bond donors (Lipinski definition) is 1. The van der Waals surface area contributed by atoms with E-state index < -0.39 is 18.1 Å². The number of nitrogens with one attached hydrogen (secondary N) is 1. The van der Waals surface area contributed by atoms with E-state index >= 15 is 0 Å². The molecule has 0 unspecified atom stereocenters. The van der Waals surface area contributed by atoms with Gasteiger partial charge in [0, 0.05) is 26.2 Å². The molecular weight excluding hydrogens is 366 g/mol. The largest absolute Gasteiger partial charge is 0.485 e. The van der Waals surface area contributed by atoms with Crippen LogP contribution in [0.3, 0.4) is 0 Å². The lowest BCUT2D eigenvalue weighted by molar-refractivity contribution is -0.139. The molecule has 1 N–H and O–H groups in total. The number of carbonyl (C=O) groups is 3. The van der Waals surface area contributed by atoms with Gasteiger partial charge in [-0.1, -0.05) is 12.1 Å². The first-order chi connectivity index (χ1) is 13.5. The summed E-state index contributed by atoms with van der Waals surface area (Å²) in [4.78, 5) is 40.0. The average Bonchev–Trinajstić information content (AvgIpc) is 2.73. The highest BCUT2D eigenvalue weighted by molar-refractivity contribution is 5.89. The standard InChI is InChI=1S/C19H25N3O6/c1-3-26-19(25)22-10-8-21(9-11-22)18(24)13(2)20-17(23)16-12-27-14-6-4-5-7-15(14)28-16/h4-7,13,16H,3,8-12H2,1-2H3,(H,20,23)/t13-,16-/m0/s1. The molecule has 2 aliphatic rings. The highest BCUT2D eigenvalue weighted by Crippen LogP contribution is 2.30. The lowest BCUT2D eigenvalue weighted by atomic mass is 10.2. The van der Waals surface area contributed by atoms with Crippen molar-refractivity contribution in [2.24, 2.45) is 0 Å². The van der Waals surface area contributed by atoms with Gasteiger partial charge in [-0.2, -0.15) is 0 Å². The molecule has 0 saturated carbocycles. The van der Waals surface area contributed by atoms with E-state index in [0.29, 0.717) is 44.3 Å². The van der Waals surface area contributed by atoms with E-state index in [2.05, 4.69) is 5.32 Å². The zero-order valence-electron chi connectivity index (χ0n) is 16.1. The molecule has 2 heterocycles. The van der Waals surface area contributed by atoms with Gasteiger partial charge >= 0.3 is 6.09 Å². The lowest BCUT2D eigenvalue weighted by Crippen LogP contribution is -2.56. The summed E-state index contributed by atoms with van der Waals surface area (Å²) in [7, 11) is 0. The number of rotatable bonds is 4. The summed E-state index contributed by atoms with van der Waals surface area (Å²) in [6, 6.07) is 6.41. The van der Waals surface area contributed by atoms with Crippen LogP contribution in [0.15, 0.2) is 24.3 Å². The zero-order chi connectivity index (χ0) is 20.1. The van der Waals surface area contributed by atoms with Crippen molar-refractivity contribution in [3.63, 3.8) is 0 Å². The minimum Gasteiger partial charge on any atom is -0.485 e. The Morgan fingerprint density at radius 1 is 1.14 bits per heavy atom. The zero-order valence-corrected chi connectivity index (χ0v) is 16.1. The molecule has 0 aliphatic carbocycles. The van der Waals surface area contributed by atoms with Gasteiger partial charge < -0.3 is 29.3 Å². The number of carbonyl (C=O) groups excluding carboxylic acids is 3. The van der Waals surface area contributed by atoms with Gasteiger partial charge in [0.25, 0.3) is 5.91 Å². The van der Waals surface area contributed by atoms with Crippen molar-refractivity contribution in [3.05, 3.63) is 24.3 Å². The molecule has 3 amide bonds. The van der Waals surface area contributed by atoms with Crippen molar-refractivity contribution < 1.29 is 28.6 Å². The van der Waals surface area contributed by atoms with Crippen molar-refractivity contribution in [3.8, 4) is 11.5 Å². The molecule has 28 heavy (non-hydrogen) atoms. The predicted octanol–water partition coefficient (Wildman–Crippen LogP) is 0.632. The Bertz CT molecular complexity index is 732. The second-order valence-electron chi connectivity index (χ2n) is 6.61. The summed E-state index contributed by atoms with van der Waals surface area (Å²) < 4.78 is 16.2. The molecule has 2 aliphatic heterocycles. The van der Waals surface area contributed by atoms with Crippen LogP contribution in [-0.2, 0) is 14.3 Å². The number of para-hydroxylation sites is 2. The van der Waals surface area contributed by atoms with Crippen LogP contribution in [-0.4, -0.2) is 79.2 Å². The maximum Gasteiger partial charge on any atom is 0.409 e. The van der Waals surface area contributed by atoms with Crippen LogP contribution in [0.5, 0.6) is 11.5 Å². The third kappa shape index (κ3) is 4.47. The van der Waals surface area contributed by atoms with Crippen LogP contribution in [0, 0.1) is 0 Å². The average molecular weight is 391 g/mol. The normalized spacial score (nSPS) is 19.6. The fourth-order valence-electron chi connectivity index (χ4n) is 3.11. The SMILES string of the molecule is CCOC(=O)N1CCN(C(=O)[C@H](C)NC(=O)[C@@H]2COc3ccccc3O2)CC1. The van der Waals surface area contributed by atoms with Crippen LogP contribution < -0.4 is 14.8 Å². The van der Waals surface area contributed by atoms with Gasteiger partial charge in [-0.3, -0.25) is 9.59 Å². The maximum absolute atomic E-state index is 12.6. The number of fused-ring (bicyclic) bond motifs is 1. The molecule has 1 fully saturated rings. The van der Waals surface area contributed by atoms with E-state index in [-0.39, 0.29) is 18.6 Å². The van der Waals surface area contributed by atoms with Gasteiger partial charge in [-0.25, -0.2) is 4.79 Å². The topological polar surface area (TPSA) is 97.4 Å². The monoisotopic (exact) mass is 391 g/mol. The van der Waals surface area contributed by atoms with Crippen molar-refractivity contribution in [1.29, 1.82) is 0 Å². The van der Waals surface area contributed by atoms with Gasteiger partial charge in [0.05, 0.1) is 6.61 Å². The second-order valence-corrected chi connectivity index (χ2v) is 6.61. The molecule has 3 rings (SSSR count). The highest BCUT2D eigenvalue weighted by atomic mass is 16.6. The van der Waals surface area contributed by atoms with Crippen LogP contribution in [0.25, 0.3) is 0 Å². The number of benzene rings is 1. The molecule has 9 heteroatoms. The molecule has 1 aromatic carbocycles. The maximum atomic E-state index is 12.6. The Morgan fingerprint density at radius 3 is 2.46 bits per heavy atom. The molecule has 0 aromatic heterocycles. The third-order valence-electron chi connectivity index (χ3n) is 4.65. The summed E-state index contributed by atoms with van der Waals surface area (Å²) in [6.07, 6.45) is -1.18. The summed E-state index contributed by atoms with van der Waals surface area (Å²) in [5, 5.41) is 2.69. The van der Waals surface area contributed by atoms with Gasteiger partial charge in [-0.15, -0.1) is 0 Å². The van der Waals surface area contributed by atoms with E-state index in [9.17, 15) is 14.4 Å².